The monoisotopic (exact) mass is 301 g/mol. The Labute approximate surface area is 125 Å². The highest BCUT2D eigenvalue weighted by molar-refractivity contribution is 7.18. The topological polar surface area (TPSA) is 76.5 Å². The third-order valence-corrected chi connectivity index (χ3v) is 4.01. The smallest absolute Gasteiger partial charge is 0.225 e. The molecule has 0 aromatic carbocycles. The molecular weight excluding hydrogens is 286 g/mol. The summed E-state index contributed by atoms with van der Waals surface area (Å²) in [4.78, 5) is 23.6. The number of pyridine rings is 1. The van der Waals surface area contributed by atoms with Crippen molar-refractivity contribution in [3.63, 3.8) is 0 Å². The number of nitrogen functional groups attached to an aromatic ring is 1. The van der Waals surface area contributed by atoms with Crippen LogP contribution in [0.2, 0.25) is 0 Å². The van der Waals surface area contributed by atoms with E-state index in [0.29, 0.717) is 21.5 Å². The summed E-state index contributed by atoms with van der Waals surface area (Å²) in [5.74, 6) is 0.469. The van der Waals surface area contributed by atoms with E-state index in [0.717, 1.165) is 11.2 Å². The van der Waals surface area contributed by atoms with Gasteiger partial charge in [0, 0.05) is 20.3 Å². The van der Waals surface area contributed by atoms with Crippen LogP contribution in [0.1, 0.15) is 20.9 Å². The molecule has 21 heavy (non-hydrogen) atoms. The van der Waals surface area contributed by atoms with Crippen molar-refractivity contribution < 1.29 is 4.79 Å². The normalized spacial score (nSPS) is 11.0. The van der Waals surface area contributed by atoms with Gasteiger partial charge in [-0.25, -0.2) is 9.97 Å². The predicted octanol–water partition coefficient (Wildman–Crippen LogP) is 1.98. The fourth-order valence-electron chi connectivity index (χ4n) is 2.15. The first-order valence-corrected chi connectivity index (χ1v) is 7.21. The molecule has 0 spiro atoms. The van der Waals surface area contributed by atoms with Crippen molar-refractivity contribution in [2.24, 2.45) is 0 Å². The molecule has 2 N–H and O–H groups in total. The Kier molecular flexibility index (Phi) is 3.13. The second-order valence-corrected chi connectivity index (χ2v) is 6.04. The zero-order chi connectivity index (χ0) is 15.1. The van der Waals surface area contributed by atoms with Crippen molar-refractivity contribution in [3.05, 3.63) is 40.7 Å². The van der Waals surface area contributed by atoms with Crippen LogP contribution >= 0.6 is 11.3 Å². The first kappa shape index (κ1) is 13.6. The first-order valence-electron chi connectivity index (χ1n) is 6.39. The highest BCUT2D eigenvalue weighted by Crippen LogP contribution is 2.29. The number of hydrogen-bond donors (Lipinski definition) is 1. The van der Waals surface area contributed by atoms with E-state index in [9.17, 15) is 4.79 Å². The predicted molar refractivity (Wildman–Crippen MR) is 84.2 cm³/mol. The molecule has 0 radical (unpaired) electrons. The Hall–Kier alpha value is -2.41. The summed E-state index contributed by atoms with van der Waals surface area (Å²) in [6, 6.07) is 3.85. The van der Waals surface area contributed by atoms with E-state index in [-0.39, 0.29) is 5.78 Å². The van der Waals surface area contributed by atoms with Crippen molar-refractivity contribution in [1.29, 1.82) is 0 Å². The van der Waals surface area contributed by atoms with Crippen molar-refractivity contribution in [3.8, 4) is 0 Å². The van der Waals surface area contributed by atoms with Crippen LogP contribution in [0.3, 0.4) is 0 Å². The van der Waals surface area contributed by atoms with Gasteiger partial charge in [0.15, 0.2) is 10.9 Å². The van der Waals surface area contributed by atoms with Crippen LogP contribution in [-0.4, -0.2) is 34.2 Å². The molecule has 0 saturated heterocycles. The number of aryl methyl sites for hydroxylation is 1. The Morgan fingerprint density at radius 1 is 1.38 bits per heavy atom. The summed E-state index contributed by atoms with van der Waals surface area (Å²) < 4.78 is 1.80. The molecule has 3 rings (SSSR count). The summed E-state index contributed by atoms with van der Waals surface area (Å²) in [7, 11) is 3.67. The molecule has 6 nitrogen and oxygen atoms in total. The van der Waals surface area contributed by atoms with Gasteiger partial charge in [0.05, 0.1) is 6.20 Å². The molecule has 7 heteroatoms. The molecule has 0 aliphatic rings. The number of hydrogen-bond acceptors (Lipinski definition) is 6. The lowest BCUT2D eigenvalue weighted by molar-refractivity contribution is 0.103. The molecule has 3 aromatic heterocycles. The standard InChI is InChI=1S/C14H15N5OS/c1-8-4-5-10-16-6-9(19(10)7-8)11(20)12-13(18(2)3)17-14(15)21-12/h4-7H,1-3H3,(H2,15,17). The third kappa shape index (κ3) is 2.25. The molecule has 0 bridgehead atoms. The van der Waals surface area contributed by atoms with Crippen LogP contribution in [0, 0.1) is 6.92 Å². The number of carbonyl (C=O) groups excluding carboxylic acids is 1. The van der Waals surface area contributed by atoms with Crippen molar-refractivity contribution in [1.82, 2.24) is 14.4 Å². The summed E-state index contributed by atoms with van der Waals surface area (Å²) in [5.41, 5.74) is 8.07. The molecule has 3 aromatic rings. The fraction of sp³-hybridized carbons (Fsp3) is 0.214. The first-order chi connectivity index (χ1) is 9.97. The third-order valence-electron chi connectivity index (χ3n) is 3.14. The summed E-state index contributed by atoms with van der Waals surface area (Å²) >= 11 is 1.20. The molecule has 3 heterocycles. The molecular formula is C14H15N5OS. The maximum absolute atomic E-state index is 12.8. The van der Waals surface area contributed by atoms with Crippen LogP contribution < -0.4 is 10.6 Å². The largest absolute Gasteiger partial charge is 0.375 e. The van der Waals surface area contributed by atoms with Gasteiger partial charge in [0.1, 0.15) is 16.2 Å². The van der Waals surface area contributed by atoms with Crippen molar-refractivity contribution in [2.45, 2.75) is 6.92 Å². The second kappa shape index (κ2) is 4.85. The quantitative estimate of drug-likeness (QED) is 0.749. The lowest BCUT2D eigenvalue weighted by Gasteiger charge is -2.10. The average molecular weight is 301 g/mol. The van der Waals surface area contributed by atoms with Gasteiger partial charge < -0.3 is 10.6 Å². The van der Waals surface area contributed by atoms with E-state index in [4.69, 9.17) is 5.73 Å². The maximum atomic E-state index is 12.8. The molecule has 0 aliphatic carbocycles. The zero-order valence-electron chi connectivity index (χ0n) is 12.0. The number of fused-ring (bicyclic) bond motifs is 1. The van der Waals surface area contributed by atoms with E-state index in [1.807, 2.05) is 39.3 Å². The minimum Gasteiger partial charge on any atom is -0.375 e. The van der Waals surface area contributed by atoms with Gasteiger partial charge in [-0.2, -0.15) is 0 Å². The van der Waals surface area contributed by atoms with Crippen LogP contribution in [0.25, 0.3) is 5.65 Å². The molecule has 0 aliphatic heterocycles. The van der Waals surface area contributed by atoms with Gasteiger partial charge in [-0.15, -0.1) is 0 Å². The number of imidazole rings is 1. The van der Waals surface area contributed by atoms with E-state index < -0.39 is 0 Å². The number of thiazole rings is 1. The van der Waals surface area contributed by atoms with E-state index >= 15 is 0 Å². The lowest BCUT2D eigenvalue weighted by atomic mass is 10.2. The van der Waals surface area contributed by atoms with Crippen LogP contribution in [-0.2, 0) is 0 Å². The minimum atomic E-state index is -0.119. The van der Waals surface area contributed by atoms with Gasteiger partial charge in [-0.1, -0.05) is 17.4 Å². The van der Waals surface area contributed by atoms with Gasteiger partial charge in [-0.3, -0.25) is 9.20 Å². The second-order valence-electron chi connectivity index (χ2n) is 5.01. The fourth-order valence-corrected chi connectivity index (χ4v) is 3.01. The van der Waals surface area contributed by atoms with Crippen molar-refractivity contribution in [2.75, 3.05) is 24.7 Å². The van der Waals surface area contributed by atoms with E-state index in [2.05, 4.69) is 9.97 Å². The van der Waals surface area contributed by atoms with Gasteiger partial charge in [0.2, 0.25) is 5.78 Å². The van der Waals surface area contributed by atoms with E-state index in [1.165, 1.54) is 11.3 Å². The number of nitrogens with zero attached hydrogens (tertiary/aromatic N) is 4. The maximum Gasteiger partial charge on any atom is 0.225 e. The highest BCUT2D eigenvalue weighted by Gasteiger charge is 2.22. The average Bonchev–Trinajstić information content (AvgIpc) is 3.01. The number of aromatic nitrogens is 3. The Bertz CT molecular complexity index is 833. The number of ketones is 1. The van der Waals surface area contributed by atoms with Gasteiger partial charge >= 0.3 is 0 Å². The van der Waals surface area contributed by atoms with Crippen LogP contribution in [0.4, 0.5) is 10.9 Å². The zero-order valence-corrected chi connectivity index (χ0v) is 12.8. The van der Waals surface area contributed by atoms with Crippen molar-refractivity contribution >= 4 is 33.7 Å². The molecule has 0 fully saturated rings. The number of carbonyl (C=O) groups is 1. The SMILES string of the molecule is Cc1ccc2ncc(C(=O)c3sc(N)nc3N(C)C)n2c1. The molecule has 0 unspecified atom stereocenters. The van der Waals surface area contributed by atoms with Crippen LogP contribution in [0.5, 0.6) is 0 Å². The molecule has 0 atom stereocenters. The summed E-state index contributed by atoms with van der Waals surface area (Å²) in [6.45, 7) is 1.98. The van der Waals surface area contributed by atoms with E-state index in [1.54, 1.807) is 15.5 Å². The van der Waals surface area contributed by atoms with Gasteiger partial charge in [-0.05, 0) is 18.6 Å². The number of rotatable bonds is 3. The minimum absolute atomic E-state index is 0.119. The molecule has 0 amide bonds. The number of nitrogens with two attached hydrogens (primary N) is 1. The lowest BCUT2D eigenvalue weighted by Crippen LogP contribution is -2.14. The Morgan fingerprint density at radius 3 is 2.86 bits per heavy atom. The van der Waals surface area contributed by atoms with Crippen LogP contribution in [0.15, 0.2) is 24.5 Å². The number of anilines is 2. The summed E-state index contributed by atoms with van der Waals surface area (Å²) in [5, 5.41) is 0.382. The molecule has 108 valence electrons. The highest BCUT2D eigenvalue weighted by atomic mass is 32.1. The Balaban J connectivity index is 2.15. The Morgan fingerprint density at radius 2 is 2.14 bits per heavy atom. The van der Waals surface area contributed by atoms with Gasteiger partial charge in [0.25, 0.3) is 0 Å². The summed E-state index contributed by atoms with van der Waals surface area (Å²) in [6.07, 6.45) is 3.49. The molecule has 0 saturated carbocycles.